The Labute approximate surface area is 121 Å². The molecule has 2 heteroatoms. The van der Waals surface area contributed by atoms with Crippen LogP contribution in [0.25, 0.3) is 0 Å². The third kappa shape index (κ3) is 2.31. The average Bonchev–Trinajstić information content (AvgIpc) is 2.44. The van der Waals surface area contributed by atoms with Crippen LogP contribution in [0, 0.1) is 12.3 Å². The minimum Gasteiger partial charge on any atom is -0.376 e. The molecule has 0 bridgehead atoms. The summed E-state index contributed by atoms with van der Waals surface area (Å²) in [6.07, 6.45) is 4.23. The molecule has 0 aliphatic heterocycles. The van der Waals surface area contributed by atoms with E-state index in [1.54, 1.807) is 0 Å². The monoisotopic (exact) mass is 266 g/mol. The number of aryl methyl sites for hydroxylation is 2. The van der Waals surface area contributed by atoms with Crippen LogP contribution >= 0.6 is 0 Å². The van der Waals surface area contributed by atoms with Crippen molar-refractivity contribution in [3.05, 3.63) is 59.4 Å². The number of nitrogens with one attached hydrogen (secondary N) is 1. The first-order valence-corrected chi connectivity index (χ1v) is 7.34. The lowest BCUT2D eigenvalue weighted by Crippen LogP contribution is -2.33. The first-order chi connectivity index (χ1) is 9.58. The van der Waals surface area contributed by atoms with Crippen molar-refractivity contribution in [2.24, 2.45) is 5.41 Å². The van der Waals surface area contributed by atoms with Gasteiger partial charge in [0, 0.05) is 6.20 Å². The number of rotatable bonds is 2. The van der Waals surface area contributed by atoms with Gasteiger partial charge in [0.2, 0.25) is 0 Å². The molecule has 1 heterocycles. The van der Waals surface area contributed by atoms with Gasteiger partial charge in [-0.3, -0.25) is 4.98 Å². The molecular weight excluding hydrogens is 244 g/mol. The van der Waals surface area contributed by atoms with Crippen molar-refractivity contribution in [2.45, 2.75) is 39.7 Å². The third-order valence-electron chi connectivity index (χ3n) is 4.49. The van der Waals surface area contributed by atoms with Crippen LogP contribution in [0.2, 0.25) is 0 Å². The maximum atomic E-state index is 4.39. The van der Waals surface area contributed by atoms with Crippen molar-refractivity contribution in [3.63, 3.8) is 0 Å². The molecule has 0 radical (unpaired) electrons. The standard InChI is InChI=1S/C18H22N2/c1-13-16(9-6-12-19-13)20-17-15-8-5-4-7-14(15)10-11-18(17,2)3/h4-9,12,17,20H,10-11H2,1-3H3. The number of fused-ring (bicyclic) bond motifs is 1. The Kier molecular flexibility index (Phi) is 3.25. The molecule has 0 amide bonds. The lowest BCUT2D eigenvalue weighted by atomic mass is 9.70. The molecule has 1 aliphatic rings. The van der Waals surface area contributed by atoms with Gasteiger partial charge in [-0.05, 0) is 48.4 Å². The van der Waals surface area contributed by atoms with E-state index in [2.05, 4.69) is 61.4 Å². The van der Waals surface area contributed by atoms with E-state index >= 15 is 0 Å². The molecule has 2 nitrogen and oxygen atoms in total. The highest BCUT2D eigenvalue weighted by atomic mass is 15.0. The number of pyridine rings is 1. The number of benzene rings is 1. The van der Waals surface area contributed by atoms with E-state index in [4.69, 9.17) is 0 Å². The second-order valence-electron chi connectivity index (χ2n) is 6.40. The van der Waals surface area contributed by atoms with Crippen molar-refractivity contribution in [3.8, 4) is 0 Å². The summed E-state index contributed by atoms with van der Waals surface area (Å²) in [5.74, 6) is 0. The number of aromatic nitrogens is 1. The van der Waals surface area contributed by atoms with Gasteiger partial charge in [-0.25, -0.2) is 0 Å². The van der Waals surface area contributed by atoms with Gasteiger partial charge in [-0.2, -0.15) is 0 Å². The van der Waals surface area contributed by atoms with Gasteiger partial charge in [0.05, 0.1) is 17.4 Å². The van der Waals surface area contributed by atoms with Gasteiger partial charge in [0.1, 0.15) is 0 Å². The van der Waals surface area contributed by atoms with Crippen LogP contribution in [0.15, 0.2) is 42.6 Å². The summed E-state index contributed by atoms with van der Waals surface area (Å²) in [4.78, 5) is 4.39. The first-order valence-electron chi connectivity index (χ1n) is 7.34. The quantitative estimate of drug-likeness (QED) is 0.864. The zero-order valence-electron chi connectivity index (χ0n) is 12.5. The van der Waals surface area contributed by atoms with Gasteiger partial charge < -0.3 is 5.32 Å². The van der Waals surface area contributed by atoms with Gasteiger partial charge in [0.15, 0.2) is 0 Å². The second-order valence-corrected chi connectivity index (χ2v) is 6.40. The van der Waals surface area contributed by atoms with Crippen LogP contribution < -0.4 is 5.32 Å². The molecule has 1 atom stereocenters. The van der Waals surface area contributed by atoms with Crippen molar-refractivity contribution >= 4 is 5.69 Å². The molecule has 20 heavy (non-hydrogen) atoms. The SMILES string of the molecule is Cc1ncccc1NC1c2ccccc2CCC1(C)C. The summed E-state index contributed by atoms with van der Waals surface area (Å²) in [6.45, 7) is 6.77. The summed E-state index contributed by atoms with van der Waals surface area (Å²) in [5.41, 5.74) is 5.36. The molecule has 1 aromatic carbocycles. The molecule has 104 valence electrons. The lowest BCUT2D eigenvalue weighted by Gasteiger charge is -2.41. The largest absolute Gasteiger partial charge is 0.376 e. The lowest BCUT2D eigenvalue weighted by molar-refractivity contribution is 0.265. The van der Waals surface area contributed by atoms with Crippen molar-refractivity contribution in [1.29, 1.82) is 0 Å². The fraction of sp³-hybridized carbons (Fsp3) is 0.389. The highest BCUT2D eigenvalue weighted by molar-refractivity contribution is 5.51. The zero-order chi connectivity index (χ0) is 14.2. The molecule has 0 fully saturated rings. The predicted octanol–water partition coefficient (Wildman–Crippen LogP) is 4.52. The third-order valence-corrected chi connectivity index (χ3v) is 4.49. The Morgan fingerprint density at radius 1 is 1.15 bits per heavy atom. The van der Waals surface area contributed by atoms with E-state index in [1.807, 2.05) is 12.3 Å². The average molecular weight is 266 g/mol. The molecule has 1 aliphatic carbocycles. The summed E-state index contributed by atoms with van der Waals surface area (Å²) in [7, 11) is 0. The van der Waals surface area contributed by atoms with Crippen molar-refractivity contribution < 1.29 is 0 Å². The second kappa shape index (κ2) is 4.93. The molecule has 1 unspecified atom stereocenters. The van der Waals surface area contributed by atoms with Crippen molar-refractivity contribution in [1.82, 2.24) is 4.98 Å². The minimum absolute atomic E-state index is 0.247. The van der Waals surface area contributed by atoms with E-state index in [1.165, 1.54) is 24.0 Å². The number of hydrogen-bond acceptors (Lipinski definition) is 2. The summed E-state index contributed by atoms with van der Waals surface area (Å²) < 4.78 is 0. The maximum Gasteiger partial charge on any atom is 0.0603 e. The van der Waals surface area contributed by atoms with Crippen LogP contribution in [0.5, 0.6) is 0 Å². The number of anilines is 1. The van der Waals surface area contributed by atoms with Crippen LogP contribution in [-0.4, -0.2) is 4.98 Å². The normalized spacial score (nSPS) is 20.2. The highest BCUT2D eigenvalue weighted by Gasteiger charge is 2.35. The maximum absolute atomic E-state index is 4.39. The predicted molar refractivity (Wildman–Crippen MR) is 83.9 cm³/mol. The molecule has 1 aromatic heterocycles. The summed E-state index contributed by atoms with van der Waals surface area (Å²) in [5, 5.41) is 3.73. The van der Waals surface area contributed by atoms with E-state index < -0.39 is 0 Å². The Hall–Kier alpha value is -1.83. The molecule has 2 aromatic rings. The number of hydrogen-bond donors (Lipinski definition) is 1. The van der Waals surface area contributed by atoms with E-state index in [-0.39, 0.29) is 5.41 Å². The molecule has 0 spiro atoms. The van der Waals surface area contributed by atoms with E-state index in [9.17, 15) is 0 Å². The Morgan fingerprint density at radius 3 is 2.75 bits per heavy atom. The molecule has 0 saturated carbocycles. The van der Waals surface area contributed by atoms with Gasteiger partial charge in [0.25, 0.3) is 0 Å². The fourth-order valence-electron chi connectivity index (χ4n) is 3.13. The van der Waals surface area contributed by atoms with Crippen molar-refractivity contribution in [2.75, 3.05) is 5.32 Å². The molecule has 3 rings (SSSR count). The summed E-state index contributed by atoms with van der Waals surface area (Å²) in [6, 6.07) is 13.3. The zero-order valence-corrected chi connectivity index (χ0v) is 12.5. The Morgan fingerprint density at radius 2 is 1.95 bits per heavy atom. The topological polar surface area (TPSA) is 24.9 Å². The van der Waals surface area contributed by atoms with Gasteiger partial charge >= 0.3 is 0 Å². The van der Waals surface area contributed by atoms with E-state index in [0.29, 0.717) is 6.04 Å². The highest BCUT2D eigenvalue weighted by Crippen LogP contribution is 2.45. The van der Waals surface area contributed by atoms with Crippen LogP contribution in [0.3, 0.4) is 0 Å². The Bertz CT molecular complexity index is 616. The summed E-state index contributed by atoms with van der Waals surface area (Å²) >= 11 is 0. The van der Waals surface area contributed by atoms with Crippen LogP contribution in [0.1, 0.15) is 43.1 Å². The van der Waals surface area contributed by atoms with Gasteiger partial charge in [-0.15, -0.1) is 0 Å². The fourth-order valence-corrected chi connectivity index (χ4v) is 3.13. The smallest absolute Gasteiger partial charge is 0.0603 e. The molecular formula is C18H22N2. The van der Waals surface area contributed by atoms with Gasteiger partial charge in [-0.1, -0.05) is 38.1 Å². The molecule has 1 N–H and O–H groups in total. The Balaban J connectivity index is 2.00. The molecule has 0 saturated heterocycles. The number of nitrogens with zero attached hydrogens (tertiary/aromatic N) is 1. The van der Waals surface area contributed by atoms with Crippen LogP contribution in [0.4, 0.5) is 5.69 Å². The van der Waals surface area contributed by atoms with E-state index in [0.717, 1.165) is 11.4 Å². The van der Waals surface area contributed by atoms with Crippen LogP contribution in [-0.2, 0) is 6.42 Å². The minimum atomic E-state index is 0.247. The first kappa shape index (κ1) is 13.2.